The highest BCUT2D eigenvalue weighted by Crippen LogP contribution is 2.51. The molecule has 1 fully saturated rings. The van der Waals surface area contributed by atoms with Crippen molar-refractivity contribution in [2.45, 2.75) is 50.6 Å². The molecule has 1 aliphatic rings. The number of phosphoric ester groups is 1. The monoisotopic (exact) mass is 662 g/mol. The molecule has 4 aromatic rings. The molecule has 3 unspecified atom stereocenters. The number of imidazole rings is 2. The highest BCUT2D eigenvalue weighted by molar-refractivity contribution is 7.47. The number of fused-ring (bicyclic) bond motifs is 2. The van der Waals surface area contributed by atoms with Crippen molar-refractivity contribution in [2.24, 2.45) is 0 Å². The normalized spacial score (nSPS) is 24.0. The lowest BCUT2D eigenvalue weighted by Crippen LogP contribution is -2.35. The Morgan fingerprint density at radius 2 is 1.95 bits per heavy atom. The summed E-state index contributed by atoms with van der Waals surface area (Å²) in [6.07, 6.45) is -4.34. The second-order valence-corrected chi connectivity index (χ2v) is 11.7. The molecule has 0 spiro atoms. The quantitative estimate of drug-likeness (QED) is 0.0634. The van der Waals surface area contributed by atoms with Gasteiger partial charge in [0.05, 0.1) is 19.3 Å². The maximum absolute atomic E-state index is 13.3. The predicted molar refractivity (Wildman–Crippen MR) is 146 cm³/mol. The predicted octanol–water partition coefficient (Wildman–Crippen LogP) is -1.47. The third-order valence-corrected chi connectivity index (χ3v) is 7.71. The van der Waals surface area contributed by atoms with Crippen molar-refractivity contribution in [3.63, 3.8) is 0 Å². The van der Waals surface area contributed by atoms with Gasteiger partial charge in [0, 0.05) is 0 Å². The van der Waals surface area contributed by atoms with E-state index in [1.54, 1.807) is 6.92 Å². The van der Waals surface area contributed by atoms with Crippen molar-refractivity contribution < 1.29 is 52.4 Å². The van der Waals surface area contributed by atoms with E-state index in [0.717, 1.165) is 10.9 Å². The SMILES string of the molecule is CC[C@@H](OC(OC[PH](=O)O)OP(=O)(O)O[C@H]1[C@@H](O)[C@@H](CO)O[C@H]1n1cnc2c(=O)[nH]c(N)nc21)n1cnc2c(N)ncnc21. The minimum absolute atomic E-state index is 0.0843. The minimum Gasteiger partial charge on any atom is -0.394 e. The molecule has 5 rings (SSSR count). The Morgan fingerprint density at radius 3 is 2.66 bits per heavy atom. The molecule has 5 heterocycles. The van der Waals surface area contributed by atoms with Gasteiger partial charge in [0.2, 0.25) is 14.0 Å². The third-order valence-electron chi connectivity index (χ3n) is 6.35. The van der Waals surface area contributed by atoms with Gasteiger partial charge in [-0.15, -0.1) is 0 Å². The molecule has 9 N–H and O–H groups in total. The summed E-state index contributed by atoms with van der Waals surface area (Å²) in [7, 11) is -8.58. The molecule has 0 bridgehead atoms. The Balaban J connectivity index is 1.41. The van der Waals surface area contributed by atoms with Gasteiger partial charge in [-0.1, -0.05) is 6.92 Å². The average molecular weight is 662 g/mol. The smallest absolute Gasteiger partial charge is 0.394 e. The number of nitrogens with zero attached hydrogens (tertiary/aromatic N) is 7. The lowest BCUT2D eigenvalue weighted by Gasteiger charge is -2.28. The highest BCUT2D eigenvalue weighted by Gasteiger charge is 2.50. The minimum atomic E-state index is -5.31. The standard InChI is InChI=1S/C20H28N10O12P2/c1-2-9(29-5-25-10-14(21)23-4-24-15(10)29)40-20(38-7-43(34)35)42-44(36,37)41-13-12(32)8(3-31)39-18(13)30-6-26-11-16(30)27-19(22)28-17(11)33/h4-6,8-9,12-13,18,20,31-32,43H,2-3,7H2,1H3,(H,34,35)(H,36,37)(H2,21,23,24)(H3,22,27,28,33)/t8-,9-,12+,13+,18-,20?/m1/s1. The van der Waals surface area contributed by atoms with E-state index >= 15 is 0 Å². The van der Waals surface area contributed by atoms with Crippen molar-refractivity contribution >= 4 is 49.9 Å². The summed E-state index contributed by atoms with van der Waals surface area (Å²) in [5.41, 5.74) is 11.0. The molecule has 0 aliphatic carbocycles. The van der Waals surface area contributed by atoms with E-state index in [4.69, 9.17) is 34.7 Å². The molecule has 4 aromatic heterocycles. The summed E-state index contributed by atoms with van der Waals surface area (Å²) >= 11 is 0. The fourth-order valence-electron chi connectivity index (χ4n) is 4.42. The zero-order valence-corrected chi connectivity index (χ0v) is 24.5. The molecular formula is C20H28N10O12P2. The molecule has 0 saturated carbocycles. The number of anilines is 2. The number of aromatic nitrogens is 8. The maximum atomic E-state index is 13.3. The Morgan fingerprint density at radius 1 is 1.20 bits per heavy atom. The van der Waals surface area contributed by atoms with Crippen molar-refractivity contribution in [2.75, 3.05) is 24.4 Å². The van der Waals surface area contributed by atoms with E-state index in [1.165, 1.54) is 17.2 Å². The summed E-state index contributed by atoms with van der Waals surface area (Å²) in [6.45, 7) is -1.15. The summed E-state index contributed by atoms with van der Waals surface area (Å²) in [4.78, 5) is 54.6. The number of ether oxygens (including phenoxy) is 3. The molecule has 44 heavy (non-hydrogen) atoms. The average Bonchev–Trinajstić information content (AvgIpc) is 3.66. The van der Waals surface area contributed by atoms with E-state index < -0.39 is 71.6 Å². The lowest BCUT2D eigenvalue weighted by molar-refractivity contribution is -0.280. The first kappa shape index (κ1) is 32.0. The van der Waals surface area contributed by atoms with Crippen LogP contribution in [0.5, 0.6) is 0 Å². The van der Waals surface area contributed by atoms with Gasteiger partial charge in [0.15, 0.2) is 28.9 Å². The van der Waals surface area contributed by atoms with E-state index in [0.29, 0.717) is 0 Å². The number of rotatable bonds is 13. The van der Waals surface area contributed by atoms with Crippen LogP contribution in [0.4, 0.5) is 11.8 Å². The molecule has 0 radical (unpaired) electrons. The number of hydrogen-bond acceptors (Lipinski definition) is 17. The first-order chi connectivity index (χ1) is 20.9. The van der Waals surface area contributed by atoms with Gasteiger partial charge in [-0.2, -0.15) is 4.98 Å². The van der Waals surface area contributed by atoms with Crippen LogP contribution in [0.2, 0.25) is 0 Å². The van der Waals surface area contributed by atoms with Crippen LogP contribution in [0.15, 0.2) is 23.8 Å². The van der Waals surface area contributed by atoms with Crippen molar-refractivity contribution in [3.05, 3.63) is 29.3 Å². The third kappa shape index (κ3) is 6.50. The summed E-state index contributed by atoms with van der Waals surface area (Å²) in [6, 6.07) is 0. The number of H-pyrrole nitrogens is 1. The van der Waals surface area contributed by atoms with Crippen LogP contribution in [0, 0.1) is 0 Å². The van der Waals surface area contributed by atoms with Crippen LogP contribution >= 0.6 is 15.9 Å². The molecule has 240 valence electrons. The Kier molecular flexibility index (Phi) is 9.39. The lowest BCUT2D eigenvalue weighted by atomic mass is 10.1. The fraction of sp³-hybridized carbons (Fsp3) is 0.500. The van der Waals surface area contributed by atoms with Crippen LogP contribution in [0.3, 0.4) is 0 Å². The highest BCUT2D eigenvalue weighted by atomic mass is 31.2. The van der Waals surface area contributed by atoms with Gasteiger partial charge in [0.25, 0.3) is 12.0 Å². The molecule has 22 nitrogen and oxygen atoms in total. The molecule has 0 aromatic carbocycles. The van der Waals surface area contributed by atoms with Gasteiger partial charge >= 0.3 is 7.82 Å². The van der Waals surface area contributed by atoms with Crippen LogP contribution in [0.25, 0.3) is 22.3 Å². The van der Waals surface area contributed by atoms with Crippen LogP contribution < -0.4 is 17.0 Å². The second kappa shape index (κ2) is 12.9. The molecule has 8 atom stereocenters. The largest absolute Gasteiger partial charge is 0.476 e. The van der Waals surface area contributed by atoms with Gasteiger partial charge in [-0.25, -0.2) is 29.0 Å². The number of nitrogens with one attached hydrogen (secondary N) is 1. The molecule has 24 heteroatoms. The summed E-state index contributed by atoms with van der Waals surface area (Å²) in [5, 5.41) is 20.5. The van der Waals surface area contributed by atoms with Crippen molar-refractivity contribution in [3.8, 4) is 0 Å². The summed E-state index contributed by atoms with van der Waals surface area (Å²) in [5.74, 6) is -0.193. The maximum Gasteiger partial charge on any atom is 0.476 e. The topological polar surface area (TPSA) is 320 Å². The molecule has 0 amide bonds. The number of nitrogens with two attached hydrogens (primary N) is 2. The molecular weight excluding hydrogens is 634 g/mol. The number of hydrogen-bond donors (Lipinski definition) is 7. The van der Waals surface area contributed by atoms with Gasteiger partial charge < -0.3 is 45.7 Å². The number of aliphatic hydroxyl groups is 2. The number of aromatic amines is 1. The van der Waals surface area contributed by atoms with E-state index in [1.807, 2.05) is 0 Å². The molecule has 1 aliphatic heterocycles. The van der Waals surface area contributed by atoms with Crippen LogP contribution in [0.1, 0.15) is 25.8 Å². The van der Waals surface area contributed by atoms with Gasteiger partial charge in [0.1, 0.15) is 42.7 Å². The first-order valence-electron chi connectivity index (χ1n) is 12.7. The van der Waals surface area contributed by atoms with Crippen LogP contribution in [-0.2, 0) is 32.4 Å². The Bertz CT molecular complexity index is 1770. The number of aliphatic hydroxyl groups excluding tert-OH is 2. The van der Waals surface area contributed by atoms with Gasteiger partial charge in [-0.05, 0) is 6.42 Å². The number of phosphoric acid groups is 1. The second-order valence-electron chi connectivity index (χ2n) is 9.23. The van der Waals surface area contributed by atoms with Gasteiger partial charge in [-0.3, -0.25) is 28.0 Å². The van der Waals surface area contributed by atoms with Crippen LogP contribution in [-0.4, -0.2) is 96.8 Å². The first-order valence-corrected chi connectivity index (χ1v) is 15.8. The fourth-order valence-corrected chi connectivity index (χ4v) is 5.62. The summed E-state index contributed by atoms with van der Waals surface area (Å²) < 4.78 is 54.1. The Hall–Kier alpha value is -3.40. The van der Waals surface area contributed by atoms with E-state index in [-0.39, 0.29) is 40.5 Å². The zero-order chi connectivity index (χ0) is 31.8. The number of nitrogen functional groups attached to an aromatic ring is 2. The van der Waals surface area contributed by atoms with E-state index in [9.17, 15) is 33.9 Å². The van der Waals surface area contributed by atoms with E-state index in [2.05, 4.69) is 29.9 Å². The van der Waals surface area contributed by atoms with Crippen molar-refractivity contribution in [1.82, 2.24) is 39.0 Å². The Labute approximate surface area is 246 Å². The van der Waals surface area contributed by atoms with Crippen molar-refractivity contribution in [1.29, 1.82) is 0 Å². The zero-order valence-electron chi connectivity index (χ0n) is 22.6. The molecule has 1 saturated heterocycles.